The van der Waals surface area contributed by atoms with Crippen LogP contribution in [0.5, 0.6) is 0 Å². The minimum Gasteiger partial charge on any atom is -0.443 e. The first kappa shape index (κ1) is 16.5. The fourth-order valence-corrected chi connectivity index (χ4v) is 2.99. The summed E-state index contributed by atoms with van der Waals surface area (Å²) in [5.41, 5.74) is 0.223. The molecule has 0 aliphatic heterocycles. The summed E-state index contributed by atoms with van der Waals surface area (Å²) >= 11 is 5.37. The Kier molecular flexibility index (Phi) is 4.77. The number of rotatable bonds is 1. The lowest BCUT2D eigenvalue weighted by molar-refractivity contribution is 0.0540. The van der Waals surface area contributed by atoms with Crippen LogP contribution >= 0.6 is 38.5 Å². The standard InChI is InChI=1S/C15H14BrFINO2/c1-15(2,3)21-14(20)19-8-9(16)7-12(19)13-10(17)5-4-6-11(13)18/h4-8H,1-3H3. The monoisotopic (exact) mass is 465 g/mol. The maximum atomic E-state index is 14.1. The van der Waals surface area contributed by atoms with Gasteiger partial charge in [0.15, 0.2) is 0 Å². The fraction of sp³-hybridized carbons (Fsp3) is 0.267. The summed E-state index contributed by atoms with van der Waals surface area (Å²) in [4.78, 5) is 12.3. The summed E-state index contributed by atoms with van der Waals surface area (Å²) in [7, 11) is 0. The van der Waals surface area contributed by atoms with Gasteiger partial charge in [-0.25, -0.2) is 9.18 Å². The number of nitrogens with zero attached hydrogens (tertiary/aromatic N) is 1. The Labute approximate surface area is 144 Å². The van der Waals surface area contributed by atoms with Gasteiger partial charge in [0.05, 0.1) is 5.69 Å². The molecule has 0 aliphatic rings. The summed E-state index contributed by atoms with van der Waals surface area (Å²) in [6.07, 6.45) is 1.04. The van der Waals surface area contributed by atoms with Crippen molar-refractivity contribution in [3.63, 3.8) is 0 Å². The molecule has 0 bridgehead atoms. The summed E-state index contributed by atoms with van der Waals surface area (Å²) in [5, 5.41) is 0. The molecule has 3 nitrogen and oxygen atoms in total. The van der Waals surface area contributed by atoms with Crippen LogP contribution in [0.3, 0.4) is 0 Å². The second-order valence-corrected chi connectivity index (χ2v) is 7.57. The van der Waals surface area contributed by atoms with E-state index >= 15 is 0 Å². The quantitative estimate of drug-likeness (QED) is 0.525. The molecule has 0 N–H and O–H groups in total. The third-order valence-corrected chi connectivity index (χ3v) is 3.93. The molecule has 0 amide bonds. The van der Waals surface area contributed by atoms with Crippen molar-refractivity contribution in [2.75, 3.05) is 0 Å². The van der Waals surface area contributed by atoms with Gasteiger partial charge in [-0.2, -0.15) is 0 Å². The van der Waals surface area contributed by atoms with E-state index in [2.05, 4.69) is 15.9 Å². The van der Waals surface area contributed by atoms with Gasteiger partial charge in [0, 0.05) is 19.8 Å². The molecular formula is C15H14BrFINO2. The van der Waals surface area contributed by atoms with Gasteiger partial charge in [-0.05, 0) is 77.5 Å². The molecule has 0 aliphatic carbocycles. The molecule has 0 spiro atoms. The molecule has 112 valence electrons. The topological polar surface area (TPSA) is 31.2 Å². The summed E-state index contributed by atoms with van der Waals surface area (Å²) in [6.45, 7) is 5.36. The highest BCUT2D eigenvalue weighted by Crippen LogP contribution is 2.32. The van der Waals surface area contributed by atoms with E-state index in [0.717, 1.165) is 3.57 Å². The van der Waals surface area contributed by atoms with Gasteiger partial charge >= 0.3 is 6.09 Å². The van der Waals surface area contributed by atoms with Gasteiger partial charge in [0.2, 0.25) is 0 Å². The van der Waals surface area contributed by atoms with Crippen molar-refractivity contribution < 1.29 is 13.9 Å². The molecule has 21 heavy (non-hydrogen) atoms. The Balaban J connectivity index is 2.54. The van der Waals surface area contributed by atoms with E-state index in [1.54, 1.807) is 45.2 Å². The van der Waals surface area contributed by atoms with Crippen LogP contribution in [0.25, 0.3) is 11.3 Å². The predicted octanol–water partition coefficient (Wildman–Crippen LogP) is 5.44. The zero-order chi connectivity index (χ0) is 15.8. The Morgan fingerprint density at radius 3 is 2.62 bits per heavy atom. The number of carbonyl (C=O) groups is 1. The number of halogens is 3. The van der Waals surface area contributed by atoms with Crippen LogP contribution in [0, 0.1) is 9.39 Å². The Bertz CT molecular complexity index is 671. The number of hydrogen-bond acceptors (Lipinski definition) is 2. The van der Waals surface area contributed by atoms with Crippen LogP contribution < -0.4 is 0 Å². The first-order chi connectivity index (χ1) is 9.69. The SMILES string of the molecule is CC(C)(C)OC(=O)n1cc(Br)cc1-c1c(F)cccc1I. The van der Waals surface area contributed by atoms with E-state index < -0.39 is 11.7 Å². The molecule has 0 saturated carbocycles. The van der Waals surface area contributed by atoms with Gasteiger partial charge < -0.3 is 4.74 Å². The highest BCUT2D eigenvalue weighted by atomic mass is 127. The first-order valence-electron chi connectivity index (χ1n) is 6.24. The molecule has 2 rings (SSSR count). The lowest BCUT2D eigenvalue weighted by Gasteiger charge is -2.20. The largest absolute Gasteiger partial charge is 0.443 e. The summed E-state index contributed by atoms with van der Waals surface area (Å²) in [5.74, 6) is -0.377. The average Bonchev–Trinajstić information content (AvgIpc) is 2.69. The van der Waals surface area contributed by atoms with Crippen molar-refractivity contribution in [3.8, 4) is 11.3 Å². The number of carbonyl (C=O) groups excluding carboxylic acids is 1. The maximum absolute atomic E-state index is 14.1. The van der Waals surface area contributed by atoms with Crippen molar-refractivity contribution in [3.05, 3.63) is 44.3 Å². The van der Waals surface area contributed by atoms with Gasteiger partial charge in [-0.3, -0.25) is 4.57 Å². The molecule has 1 aromatic carbocycles. The van der Waals surface area contributed by atoms with Crippen molar-refractivity contribution >= 4 is 44.6 Å². The zero-order valence-electron chi connectivity index (χ0n) is 11.8. The van der Waals surface area contributed by atoms with Gasteiger partial charge in [-0.15, -0.1) is 0 Å². The van der Waals surface area contributed by atoms with Crippen molar-refractivity contribution in [2.24, 2.45) is 0 Å². The third kappa shape index (κ3) is 3.85. The molecule has 2 aromatic rings. The number of aromatic nitrogens is 1. The third-order valence-electron chi connectivity index (χ3n) is 2.60. The molecule has 6 heteroatoms. The highest BCUT2D eigenvalue weighted by molar-refractivity contribution is 14.1. The molecule has 0 radical (unpaired) electrons. The van der Waals surface area contributed by atoms with Crippen LogP contribution in [0.15, 0.2) is 34.9 Å². The molecular weight excluding hydrogens is 452 g/mol. The van der Waals surface area contributed by atoms with Crippen LogP contribution in [0.4, 0.5) is 9.18 Å². The van der Waals surface area contributed by atoms with E-state index in [9.17, 15) is 9.18 Å². The highest BCUT2D eigenvalue weighted by Gasteiger charge is 2.23. The van der Waals surface area contributed by atoms with Crippen LogP contribution in [0.2, 0.25) is 0 Å². The minimum absolute atomic E-state index is 0.377. The van der Waals surface area contributed by atoms with Gasteiger partial charge in [0.1, 0.15) is 11.4 Å². The van der Waals surface area contributed by atoms with Crippen LogP contribution in [-0.2, 0) is 4.74 Å². The number of benzene rings is 1. The lowest BCUT2D eigenvalue weighted by atomic mass is 10.1. The molecule has 0 saturated heterocycles. The van der Waals surface area contributed by atoms with Crippen LogP contribution in [-0.4, -0.2) is 16.3 Å². The smallest absolute Gasteiger partial charge is 0.419 e. The van der Waals surface area contributed by atoms with E-state index in [1.165, 1.54) is 10.6 Å². The molecule has 1 heterocycles. The molecule has 0 atom stereocenters. The van der Waals surface area contributed by atoms with Gasteiger partial charge in [0.25, 0.3) is 0 Å². The maximum Gasteiger partial charge on any atom is 0.419 e. The average molecular weight is 466 g/mol. The van der Waals surface area contributed by atoms with Crippen LogP contribution in [0.1, 0.15) is 20.8 Å². The molecule has 0 unspecified atom stereocenters. The number of hydrogen-bond donors (Lipinski definition) is 0. The van der Waals surface area contributed by atoms with Crippen molar-refractivity contribution in [2.45, 2.75) is 26.4 Å². The summed E-state index contributed by atoms with van der Waals surface area (Å²) in [6, 6.07) is 6.50. The summed E-state index contributed by atoms with van der Waals surface area (Å²) < 4.78 is 22.2. The minimum atomic E-state index is -0.618. The first-order valence-corrected chi connectivity index (χ1v) is 8.12. The van der Waals surface area contributed by atoms with E-state index in [0.29, 0.717) is 15.7 Å². The van der Waals surface area contributed by atoms with E-state index in [-0.39, 0.29) is 5.82 Å². The van der Waals surface area contributed by atoms with E-state index in [4.69, 9.17) is 4.74 Å². The van der Waals surface area contributed by atoms with Crippen molar-refractivity contribution in [1.29, 1.82) is 0 Å². The molecule has 0 fully saturated rings. The Hall–Kier alpha value is -0.890. The second kappa shape index (κ2) is 6.08. The predicted molar refractivity (Wildman–Crippen MR) is 91.9 cm³/mol. The van der Waals surface area contributed by atoms with Crippen molar-refractivity contribution in [1.82, 2.24) is 4.57 Å². The second-order valence-electron chi connectivity index (χ2n) is 5.49. The zero-order valence-corrected chi connectivity index (χ0v) is 15.5. The molecule has 1 aromatic heterocycles. The number of ether oxygens (including phenoxy) is 1. The fourth-order valence-electron chi connectivity index (χ4n) is 1.83. The Morgan fingerprint density at radius 1 is 1.38 bits per heavy atom. The van der Waals surface area contributed by atoms with Gasteiger partial charge in [-0.1, -0.05) is 6.07 Å². The Morgan fingerprint density at radius 2 is 2.05 bits per heavy atom. The lowest BCUT2D eigenvalue weighted by Crippen LogP contribution is -2.27. The van der Waals surface area contributed by atoms with E-state index in [1.807, 2.05) is 22.6 Å². The normalized spacial score (nSPS) is 11.5.